The van der Waals surface area contributed by atoms with Crippen LogP contribution in [0, 0.1) is 5.92 Å². The van der Waals surface area contributed by atoms with E-state index in [0.717, 1.165) is 28.2 Å². The number of amides is 1. The van der Waals surface area contributed by atoms with E-state index in [1.165, 1.54) is 0 Å². The lowest BCUT2D eigenvalue weighted by atomic mass is 9.95. The molecule has 1 aliphatic rings. The first-order valence-electron chi connectivity index (χ1n) is 10.6. The van der Waals surface area contributed by atoms with Gasteiger partial charge in [0.15, 0.2) is 18.1 Å². The highest BCUT2D eigenvalue weighted by Gasteiger charge is 2.22. The second kappa shape index (κ2) is 9.56. The molecule has 0 saturated heterocycles. The van der Waals surface area contributed by atoms with Gasteiger partial charge in [0.25, 0.3) is 5.91 Å². The molecule has 5 heteroatoms. The number of carbonyl (C=O) groups excluding carboxylic acids is 1. The lowest BCUT2D eigenvalue weighted by Crippen LogP contribution is -2.35. The summed E-state index contributed by atoms with van der Waals surface area (Å²) in [6, 6.07) is 23.4. The molecule has 3 aromatic carbocycles. The number of carbonyl (C=O) groups is 1. The molecule has 3 aromatic rings. The van der Waals surface area contributed by atoms with Crippen molar-refractivity contribution in [2.24, 2.45) is 5.92 Å². The van der Waals surface area contributed by atoms with Gasteiger partial charge in [0, 0.05) is 5.56 Å². The molecule has 1 N–H and O–H groups in total. The normalized spacial score (nSPS) is 13.5. The molecule has 0 spiro atoms. The molecule has 0 aromatic heterocycles. The van der Waals surface area contributed by atoms with Crippen LogP contribution in [0.3, 0.4) is 0 Å². The summed E-state index contributed by atoms with van der Waals surface area (Å²) in [6.07, 6.45) is 0. The summed E-state index contributed by atoms with van der Waals surface area (Å²) in [4.78, 5) is 12.7. The summed E-state index contributed by atoms with van der Waals surface area (Å²) in [7, 11) is 0. The molecule has 1 heterocycles. The van der Waals surface area contributed by atoms with E-state index in [1.54, 1.807) is 0 Å². The van der Waals surface area contributed by atoms with Crippen LogP contribution in [0.1, 0.15) is 25.5 Å². The van der Waals surface area contributed by atoms with Crippen molar-refractivity contribution in [3.05, 3.63) is 78.4 Å². The zero-order valence-corrected chi connectivity index (χ0v) is 17.8. The van der Waals surface area contributed by atoms with Gasteiger partial charge >= 0.3 is 0 Å². The molecule has 0 aliphatic carbocycles. The van der Waals surface area contributed by atoms with Crippen LogP contribution in [-0.2, 0) is 4.79 Å². The first-order valence-corrected chi connectivity index (χ1v) is 10.6. The van der Waals surface area contributed by atoms with Gasteiger partial charge in [-0.05, 0) is 35.2 Å². The highest BCUT2D eigenvalue weighted by Crippen LogP contribution is 2.34. The van der Waals surface area contributed by atoms with Crippen molar-refractivity contribution in [1.29, 1.82) is 0 Å². The van der Waals surface area contributed by atoms with E-state index >= 15 is 0 Å². The van der Waals surface area contributed by atoms with Gasteiger partial charge in [-0.2, -0.15) is 0 Å². The summed E-state index contributed by atoms with van der Waals surface area (Å²) < 4.78 is 17.2. The first-order chi connectivity index (χ1) is 15.1. The third-order valence-electron chi connectivity index (χ3n) is 5.24. The largest absolute Gasteiger partial charge is 0.486 e. The fourth-order valence-corrected chi connectivity index (χ4v) is 3.70. The number of nitrogens with one attached hydrogen (secondary N) is 1. The fraction of sp³-hybridized carbons (Fsp3) is 0.269. The van der Waals surface area contributed by atoms with Gasteiger partial charge in [0.05, 0.1) is 6.04 Å². The smallest absolute Gasteiger partial charge is 0.258 e. The Morgan fingerprint density at radius 2 is 1.65 bits per heavy atom. The molecule has 0 fully saturated rings. The zero-order valence-electron chi connectivity index (χ0n) is 17.8. The van der Waals surface area contributed by atoms with Crippen molar-refractivity contribution in [3.63, 3.8) is 0 Å². The topological polar surface area (TPSA) is 56.8 Å². The van der Waals surface area contributed by atoms with Crippen LogP contribution in [0.2, 0.25) is 0 Å². The van der Waals surface area contributed by atoms with Gasteiger partial charge in [0.2, 0.25) is 0 Å². The zero-order chi connectivity index (χ0) is 21.6. The molecule has 0 unspecified atom stereocenters. The third-order valence-corrected chi connectivity index (χ3v) is 5.24. The van der Waals surface area contributed by atoms with Gasteiger partial charge in [-0.25, -0.2) is 0 Å². The average molecular weight is 418 g/mol. The summed E-state index contributed by atoms with van der Waals surface area (Å²) in [5.41, 5.74) is 3.00. The van der Waals surface area contributed by atoms with Crippen LogP contribution < -0.4 is 19.5 Å². The van der Waals surface area contributed by atoms with Crippen molar-refractivity contribution in [2.75, 3.05) is 19.8 Å². The molecule has 0 bridgehead atoms. The summed E-state index contributed by atoms with van der Waals surface area (Å²) in [5, 5.41) is 3.11. The minimum atomic E-state index is -0.170. The van der Waals surface area contributed by atoms with Crippen molar-refractivity contribution in [2.45, 2.75) is 19.9 Å². The molecule has 0 saturated carbocycles. The fourth-order valence-electron chi connectivity index (χ4n) is 3.70. The Bertz CT molecular complexity index is 1030. The maximum absolute atomic E-state index is 12.7. The molecule has 1 atom stereocenters. The lowest BCUT2D eigenvalue weighted by molar-refractivity contribution is -0.124. The van der Waals surface area contributed by atoms with E-state index in [1.807, 2.05) is 72.8 Å². The minimum absolute atomic E-state index is 0.0579. The number of rotatable bonds is 7. The van der Waals surface area contributed by atoms with Crippen molar-refractivity contribution < 1.29 is 19.0 Å². The Balaban J connectivity index is 1.44. The van der Waals surface area contributed by atoms with Gasteiger partial charge in [-0.15, -0.1) is 0 Å². The Labute approximate surface area is 183 Å². The van der Waals surface area contributed by atoms with Crippen molar-refractivity contribution >= 4 is 5.91 Å². The molecule has 1 amide bonds. The maximum atomic E-state index is 12.7. The number of hydrogen-bond acceptors (Lipinski definition) is 4. The van der Waals surface area contributed by atoms with E-state index in [0.29, 0.717) is 19.0 Å². The van der Waals surface area contributed by atoms with Crippen LogP contribution in [0.5, 0.6) is 17.2 Å². The maximum Gasteiger partial charge on any atom is 0.258 e. The second-order valence-corrected chi connectivity index (χ2v) is 7.84. The Morgan fingerprint density at radius 1 is 0.935 bits per heavy atom. The second-order valence-electron chi connectivity index (χ2n) is 7.84. The predicted octanol–water partition coefficient (Wildman–Crippen LogP) is 5.02. The average Bonchev–Trinajstić information content (AvgIpc) is 2.81. The van der Waals surface area contributed by atoms with E-state index < -0.39 is 0 Å². The highest BCUT2D eigenvalue weighted by atomic mass is 16.6. The number of ether oxygens (including phenoxy) is 3. The van der Waals surface area contributed by atoms with Crippen LogP contribution in [-0.4, -0.2) is 25.7 Å². The molecule has 160 valence electrons. The Hall–Kier alpha value is -3.47. The predicted molar refractivity (Wildman–Crippen MR) is 121 cm³/mol. The molecule has 31 heavy (non-hydrogen) atoms. The molecule has 4 rings (SSSR count). The monoisotopic (exact) mass is 417 g/mol. The first kappa shape index (κ1) is 20.8. The van der Waals surface area contributed by atoms with E-state index in [-0.39, 0.29) is 24.5 Å². The van der Waals surface area contributed by atoms with Crippen LogP contribution in [0.4, 0.5) is 0 Å². The lowest BCUT2D eigenvalue weighted by Gasteiger charge is -2.25. The molecule has 0 radical (unpaired) electrons. The number of para-hydroxylation sites is 1. The number of fused-ring (bicyclic) bond motifs is 1. The molecular weight excluding hydrogens is 390 g/mol. The highest BCUT2D eigenvalue weighted by molar-refractivity contribution is 5.79. The van der Waals surface area contributed by atoms with Crippen LogP contribution in [0.25, 0.3) is 11.1 Å². The Kier molecular flexibility index (Phi) is 6.41. The van der Waals surface area contributed by atoms with Gasteiger partial charge in [-0.1, -0.05) is 68.4 Å². The van der Waals surface area contributed by atoms with Crippen LogP contribution >= 0.6 is 0 Å². The van der Waals surface area contributed by atoms with E-state index in [4.69, 9.17) is 14.2 Å². The standard InChI is InChI=1S/C26H27NO4/c1-18(2)26(20-12-13-23-24(16-20)30-15-14-29-23)27-25(28)17-31-22-11-7-6-10-21(22)19-8-4-3-5-9-19/h3-13,16,18,26H,14-15,17H2,1-2H3,(H,27,28)/t26-/m1/s1. The summed E-state index contributed by atoms with van der Waals surface area (Å²) in [5.74, 6) is 2.17. The van der Waals surface area contributed by atoms with Gasteiger partial charge < -0.3 is 19.5 Å². The number of benzene rings is 3. The van der Waals surface area contributed by atoms with Crippen LogP contribution in [0.15, 0.2) is 72.8 Å². The third kappa shape index (κ3) is 5.00. The molecule has 1 aliphatic heterocycles. The minimum Gasteiger partial charge on any atom is -0.486 e. The van der Waals surface area contributed by atoms with Crippen molar-refractivity contribution in [1.82, 2.24) is 5.32 Å². The SMILES string of the molecule is CC(C)[C@@H](NC(=O)COc1ccccc1-c1ccccc1)c1ccc2c(c1)OCCO2. The quantitative estimate of drug-likeness (QED) is 0.587. The summed E-state index contributed by atoms with van der Waals surface area (Å²) in [6.45, 7) is 5.18. The molecule has 5 nitrogen and oxygen atoms in total. The summed E-state index contributed by atoms with van der Waals surface area (Å²) >= 11 is 0. The van der Waals surface area contributed by atoms with E-state index in [2.05, 4.69) is 19.2 Å². The number of hydrogen-bond donors (Lipinski definition) is 1. The van der Waals surface area contributed by atoms with Crippen molar-refractivity contribution in [3.8, 4) is 28.4 Å². The van der Waals surface area contributed by atoms with Gasteiger partial charge in [0.1, 0.15) is 19.0 Å². The molecular formula is C26H27NO4. The van der Waals surface area contributed by atoms with Gasteiger partial charge in [-0.3, -0.25) is 4.79 Å². The Morgan fingerprint density at radius 3 is 2.42 bits per heavy atom. The van der Waals surface area contributed by atoms with E-state index in [9.17, 15) is 4.79 Å².